The Balaban J connectivity index is 1.61. The number of carbonyl (C=O) groups is 1. The third kappa shape index (κ3) is 5.39. The van der Waals surface area contributed by atoms with E-state index in [2.05, 4.69) is 22.6 Å². The lowest BCUT2D eigenvalue weighted by Crippen LogP contribution is -2.27. The van der Waals surface area contributed by atoms with Crippen LogP contribution in [0.25, 0.3) is 6.08 Å². The fourth-order valence-corrected chi connectivity index (χ4v) is 5.34. The number of halogens is 2. The van der Waals surface area contributed by atoms with Crippen LogP contribution in [0, 0.1) is 9.39 Å². The summed E-state index contributed by atoms with van der Waals surface area (Å²) in [6, 6.07) is 19.6. The van der Waals surface area contributed by atoms with Crippen LogP contribution in [-0.2, 0) is 11.4 Å². The van der Waals surface area contributed by atoms with Gasteiger partial charge in [0, 0.05) is 5.56 Å². The molecule has 1 fully saturated rings. The molecule has 3 aromatic carbocycles. The standard InChI is InChI=1S/C25H19FINO3S2/c1-2-30-21-13-16(12-20(27)23(21)31-15-17-8-6-7-11-19(17)26)14-22-24(29)28(25(32)33-22)18-9-4-3-5-10-18/h3-14H,2,15H2,1H3/b22-14+. The molecule has 1 saturated heterocycles. The van der Waals surface area contributed by atoms with Gasteiger partial charge in [0.1, 0.15) is 12.4 Å². The van der Waals surface area contributed by atoms with Crippen LogP contribution in [0.3, 0.4) is 0 Å². The molecule has 4 rings (SSSR count). The van der Waals surface area contributed by atoms with Crippen molar-refractivity contribution in [2.45, 2.75) is 13.5 Å². The van der Waals surface area contributed by atoms with Crippen molar-refractivity contribution in [3.8, 4) is 11.5 Å². The zero-order valence-electron chi connectivity index (χ0n) is 17.6. The maximum absolute atomic E-state index is 14.0. The molecule has 0 spiro atoms. The number of hydrogen-bond donors (Lipinski definition) is 0. The Kier molecular flexibility index (Phi) is 7.67. The molecule has 0 aromatic heterocycles. The fraction of sp³-hybridized carbons (Fsp3) is 0.120. The van der Waals surface area contributed by atoms with E-state index < -0.39 is 0 Å². The Bertz CT molecular complexity index is 1230. The van der Waals surface area contributed by atoms with Gasteiger partial charge in [-0.25, -0.2) is 4.39 Å². The molecular formula is C25H19FINO3S2. The quantitative estimate of drug-likeness (QED) is 0.172. The van der Waals surface area contributed by atoms with Crippen molar-refractivity contribution in [2.75, 3.05) is 11.5 Å². The second-order valence-corrected chi connectivity index (χ2v) is 9.83. The molecule has 33 heavy (non-hydrogen) atoms. The lowest BCUT2D eigenvalue weighted by molar-refractivity contribution is -0.113. The highest BCUT2D eigenvalue weighted by molar-refractivity contribution is 14.1. The predicted octanol–water partition coefficient (Wildman–Crippen LogP) is 6.81. The maximum Gasteiger partial charge on any atom is 0.270 e. The summed E-state index contributed by atoms with van der Waals surface area (Å²) in [6.45, 7) is 2.40. The van der Waals surface area contributed by atoms with Gasteiger partial charge in [0.15, 0.2) is 15.8 Å². The summed E-state index contributed by atoms with van der Waals surface area (Å²) in [7, 11) is 0. The van der Waals surface area contributed by atoms with Gasteiger partial charge in [-0.1, -0.05) is 60.4 Å². The van der Waals surface area contributed by atoms with E-state index in [1.807, 2.05) is 49.4 Å². The molecule has 1 heterocycles. The van der Waals surface area contributed by atoms with E-state index in [-0.39, 0.29) is 18.3 Å². The molecule has 0 unspecified atom stereocenters. The molecule has 0 N–H and O–H groups in total. The summed E-state index contributed by atoms with van der Waals surface area (Å²) in [4.78, 5) is 15.1. The van der Waals surface area contributed by atoms with E-state index in [9.17, 15) is 9.18 Å². The summed E-state index contributed by atoms with van der Waals surface area (Å²) in [5, 5.41) is 0. The molecule has 8 heteroatoms. The first-order valence-electron chi connectivity index (χ1n) is 10.1. The lowest BCUT2D eigenvalue weighted by atomic mass is 10.1. The second kappa shape index (κ2) is 10.7. The minimum Gasteiger partial charge on any atom is -0.490 e. The SMILES string of the molecule is CCOc1cc(/C=C2/SC(=S)N(c3ccccc3)C2=O)cc(I)c1OCc1ccccc1F. The maximum atomic E-state index is 14.0. The van der Waals surface area contributed by atoms with Crippen molar-refractivity contribution in [2.24, 2.45) is 0 Å². The zero-order chi connectivity index (χ0) is 23.4. The van der Waals surface area contributed by atoms with Crippen LogP contribution in [0.4, 0.5) is 10.1 Å². The minimum absolute atomic E-state index is 0.0812. The Hall–Kier alpha value is -2.43. The highest BCUT2D eigenvalue weighted by Gasteiger charge is 2.33. The smallest absolute Gasteiger partial charge is 0.270 e. The van der Waals surface area contributed by atoms with Crippen molar-refractivity contribution < 1.29 is 18.7 Å². The second-order valence-electron chi connectivity index (χ2n) is 7.00. The highest BCUT2D eigenvalue weighted by Crippen LogP contribution is 2.39. The monoisotopic (exact) mass is 591 g/mol. The summed E-state index contributed by atoms with van der Waals surface area (Å²) in [5.41, 5.74) is 1.99. The topological polar surface area (TPSA) is 38.8 Å². The number of nitrogens with zero attached hydrogens (tertiary/aromatic N) is 1. The van der Waals surface area contributed by atoms with Crippen molar-refractivity contribution in [3.05, 3.63) is 92.1 Å². The van der Waals surface area contributed by atoms with E-state index in [1.54, 1.807) is 24.3 Å². The number of benzene rings is 3. The molecule has 3 aromatic rings. The Morgan fingerprint density at radius 2 is 1.82 bits per heavy atom. The molecule has 0 saturated carbocycles. The number of hydrogen-bond acceptors (Lipinski definition) is 5. The first kappa shape index (κ1) is 23.7. The average Bonchev–Trinajstić information content (AvgIpc) is 3.07. The van der Waals surface area contributed by atoms with Crippen LogP contribution < -0.4 is 14.4 Å². The van der Waals surface area contributed by atoms with Crippen LogP contribution in [0.15, 0.2) is 71.6 Å². The lowest BCUT2D eigenvalue weighted by Gasteiger charge is -2.15. The minimum atomic E-state index is -0.317. The van der Waals surface area contributed by atoms with E-state index in [0.717, 1.165) is 14.8 Å². The fourth-order valence-electron chi connectivity index (χ4n) is 3.26. The van der Waals surface area contributed by atoms with Crippen molar-refractivity contribution in [3.63, 3.8) is 0 Å². The van der Waals surface area contributed by atoms with E-state index >= 15 is 0 Å². The number of thiocarbonyl (C=S) groups is 1. The first-order valence-corrected chi connectivity index (χ1v) is 12.4. The molecule has 0 bridgehead atoms. The average molecular weight is 591 g/mol. The van der Waals surface area contributed by atoms with Crippen LogP contribution >= 0.6 is 46.6 Å². The molecule has 0 aliphatic carbocycles. The number of anilines is 1. The van der Waals surface area contributed by atoms with Crippen molar-refractivity contribution in [1.82, 2.24) is 0 Å². The van der Waals surface area contributed by atoms with E-state index in [1.165, 1.54) is 22.7 Å². The number of thioether (sulfide) groups is 1. The van der Waals surface area contributed by atoms with Crippen molar-refractivity contribution in [1.29, 1.82) is 0 Å². The number of carbonyl (C=O) groups excluding carboxylic acids is 1. The number of amides is 1. The van der Waals surface area contributed by atoms with Gasteiger partial charge in [-0.15, -0.1) is 0 Å². The molecule has 1 aliphatic heterocycles. The highest BCUT2D eigenvalue weighted by atomic mass is 127. The molecule has 168 valence electrons. The summed E-state index contributed by atoms with van der Waals surface area (Å²) in [6.07, 6.45) is 1.80. The summed E-state index contributed by atoms with van der Waals surface area (Å²) >= 11 is 8.87. The van der Waals surface area contributed by atoms with Gasteiger partial charge in [-0.2, -0.15) is 0 Å². The van der Waals surface area contributed by atoms with Gasteiger partial charge in [0.2, 0.25) is 0 Å². The van der Waals surface area contributed by atoms with Crippen LogP contribution in [0.5, 0.6) is 11.5 Å². The Labute approximate surface area is 214 Å². The van der Waals surface area contributed by atoms with E-state index in [4.69, 9.17) is 21.7 Å². The number of rotatable bonds is 7. The van der Waals surface area contributed by atoms with Gasteiger partial charge >= 0.3 is 0 Å². The Morgan fingerprint density at radius 1 is 1.09 bits per heavy atom. The molecule has 0 radical (unpaired) electrons. The number of ether oxygens (including phenoxy) is 2. The van der Waals surface area contributed by atoms with Crippen molar-refractivity contribution >= 4 is 68.6 Å². The summed E-state index contributed by atoms with van der Waals surface area (Å²) in [5.74, 6) is 0.590. The summed E-state index contributed by atoms with van der Waals surface area (Å²) < 4.78 is 27.0. The van der Waals surface area contributed by atoms with Gasteiger partial charge in [0.25, 0.3) is 5.91 Å². The van der Waals surface area contributed by atoms with Crippen LogP contribution in [0.2, 0.25) is 0 Å². The van der Waals surface area contributed by atoms with Gasteiger partial charge in [-0.05, 0) is 71.5 Å². The third-order valence-electron chi connectivity index (χ3n) is 4.77. The third-order valence-corrected chi connectivity index (χ3v) is 6.87. The molecular weight excluding hydrogens is 572 g/mol. The Morgan fingerprint density at radius 3 is 2.55 bits per heavy atom. The molecule has 0 atom stereocenters. The normalized spacial score (nSPS) is 14.8. The van der Waals surface area contributed by atoms with Gasteiger partial charge in [0.05, 0.1) is 20.8 Å². The predicted molar refractivity (Wildman–Crippen MR) is 143 cm³/mol. The molecule has 1 aliphatic rings. The van der Waals surface area contributed by atoms with E-state index in [0.29, 0.717) is 32.9 Å². The molecule has 4 nitrogen and oxygen atoms in total. The first-order chi connectivity index (χ1) is 16.0. The largest absolute Gasteiger partial charge is 0.490 e. The van der Waals surface area contributed by atoms with Crippen LogP contribution in [0.1, 0.15) is 18.1 Å². The molecule has 1 amide bonds. The van der Waals surface area contributed by atoms with Gasteiger partial charge in [-0.3, -0.25) is 9.69 Å². The number of para-hydroxylation sites is 1. The van der Waals surface area contributed by atoms with Gasteiger partial charge < -0.3 is 9.47 Å². The van der Waals surface area contributed by atoms with Crippen LogP contribution in [-0.4, -0.2) is 16.8 Å². The zero-order valence-corrected chi connectivity index (χ0v) is 21.4.